The maximum absolute atomic E-state index is 12.3. The Morgan fingerprint density at radius 3 is 2.64 bits per heavy atom. The van der Waals surface area contributed by atoms with Gasteiger partial charge in [-0.25, -0.2) is 4.79 Å². The highest BCUT2D eigenvalue weighted by Crippen LogP contribution is 2.20. The number of carbonyl (C=O) groups excluding carboxylic acids is 1. The predicted octanol–water partition coefficient (Wildman–Crippen LogP) is 0.821. The molecular weight excluding hydrogens is 324 g/mol. The van der Waals surface area contributed by atoms with Gasteiger partial charge in [-0.05, 0) is 37.5 Å². The van der Waals surface area contributed by atoms with Crippen LogP contribution >= 0.6 is 0 Å². The fourth-order valence-electron chi connectivity index (χ4n) is 3.39. The summed E-state index contributed by atoms with van der Waals surface area (Å²) in [5.41, 5.74) is 0.141. The lowest BCUT2D eigenvalue weighted by molar-refractivity contribution is -0.133. The van der Waals surface area contributed by atoms with Crippen molar-refractivity contribution in [2.75, 3.05) is 32.7 Å². The fourth-order valence-corrected chi connectivity index (χ4v) is 3.39. The summed E-state index contributed by atoms with van der Waals surface area (Å²) in [5.74, 6) is -0.514. The van der Waals surface area contributed by atoms with Crippen molar-refractivity contribution in [3.8, 4) is 5.75 Å². The lowest BCUT2D eigenvalue weighted by atomic mass is 10.1. The average molecular weight is 348 g/mol. The normalized spacial score (nSPS) is 24.3. The number of hydrogen-bond donors (Lipinski definition) is 2. The van der Waals surface area contributed by atoms with Crippen LogP contribution < -0.4 is 4.74 Å². The van der Waals surface area contributed by atoms with Crippen LogP contribution in [0.3, 0.4) is 0 Å². The van der Waals surface area contributed by atoms with Crippen molar-refractivity contribution in [1.29, 1.82) is 0 Å². The molecule has 2 heterocycles. The van der Waals surface area contributed by atoms with Crippen molar-refractivity contribution in [2.24, 2.45) is 0 Å². The highest BCUT2D eigenvalue weighted by atomic mass is 16.5. The zero-order chi connectivity index (χ0) is 17.8. The molecule has 1 aromatic carbocycles. The molecule has 0 aromatic heterocycles. The van der Waals surface area contributed by atoms with Crippen molar-refractivity contribution < 1.29 is 24.5 Å². The molecule has 2 aliphatic rings. The van der Waals surface area contributed by atoms with Crippen molar-refractivity contribution in [1.82, 2.24) is 9.80 Å². The Kier molecular flexibility index (Phi) is 5.55. The Balaban J connectivity index is 1.55. The van der Waals surface area contributed by atoms with Gasteiger partial charge in [-0.2, -0.15) is 0 Å². The van der Waals surface area contributed by atoms with Gasteiger partial charge in [0.1, 0.15) is 18.0 Å². The maximum Gasteiger partial charge on any atom is 0.335 e. The molecule has 0 unspecified atom stereocenters. The van der Waals surface area contributed by atoms with Gasteiger partial charge in [-0.3, -0.25) is 9.69 Å². The molecule has 2 atom stereocenters. The number of likely N-dealkylation sites (tertiary alicyclic amines) is 2. The standard InChI is InChI=1S/C18H24N2O5/c21-15-10-19(12-17(22)20-7-2-1-3-8-20)11-16(15)25-14-6-4-5-13(9-14)18(23)24/h4-6,9,15-16,21H,1-3,7-8,10-12H2,(H,23,24)/t15-,16-/m1/s1. The van der Waals surface area contributed by atoms with E-state index in [-0.39, 0.29) is 18.0 Å². The molecule has 2 N–H and O–H groups in total. The van der Waals surface area contributed by atoms with Crippen LogP contribution in [-0.2, 0) is 4.79 Å². The first-order valence-corrected chi connectivity index (χ1v) is 8.71. The van der Waals surface area contributed by atoms with Crippen molar-refractivity contribution >= 4 is 11.9 Å². The number of carbonyl (C=O) groups is 2. The van der Waals surface area contributed by atoms with Crippen LogP contribution in [0.2, 0.25) is 0 Å². The van der Waals surface area contributed by atoms with E-state index in [0.717, 1.165) is 25.9 Å². The van der Waals surface area contributed by atoms with Crippen LogP contribution in [0.1, 0.15) is 29.6 Å². The molecule has 1 amide bonds. The minimum absolute atomic E-state index is 0.0976. The Hall–Kier alpha value is -2.12. The number of benzene rings is 1. The van der Waals surface area contributed by atoms with E-state index >= 15 is 0 Å². The summed E-state index contributed by atoms with van der Waals surface area (Å²) in [7, 11) is 0. The van der Waals surface area contributed by atoms with E-state index in [1.165, 1.54) is 18.6 Å². The summed E-state index contributed by atoms with van der Waals surface area (Å²) in [6, 6.07) is 6.21. The highest BCUT2D eigenvalue weighted by molar-refractivity contribution is 5.88. The monoisotopic (exact) mass is 348 g/mol. The molecule has 2 saturated heterocycles. The highest BCUT2D eigenvalue weighted by Gasteiger charge is 2.34. The van der Waals surface area contributed by atoms with Gasteiger partial charge in [-0.15, -0.1) is 0 Å². The number of aliphatic hydroxyl groups excluding tert-OH is 1. The maximum atomic E-state index is 12.3. The Labute approximate surface area is 146 Å². The number of rotatable bonds is 5. The van der Waals surface area contributed by atoms with Crippen LogP contribution in [0.5, 0.6) is 5.75 Å². The van der Waals surface area contributed by atoms with Gasteiger partial charge < -0.3 is 19.8 Å². The second-order valence-corrected chi connectivity index (χ2v) is 6.69. The third-order valence-electron chi connectivity index (χ3n) is 4.75. The second-order valence-electron chi connectivity index (χ2n) is 6.69. The summed E-state index contributed by atoms with van der Waals surface area (Å²) in [6.07, 6.45) is 2.11. The molecule has 0 bridgehead atoms. The predicted molar refractivity (Wildman–Crippen MR) is 90.7 cm³/mol. The summed E-state index contributed by atoms with van der Waals surface area (Å²) >= 11 is 0. The molecule has 0 spiro atoms. The lowest BCUT2D eigenvalue weighted by Crippen LogP contribution is -2.42. The number of aliphatic hydroxyl groups is 1. The van der Waals surface area contributed by atoms with E-state index in [0.29, 0.717) is 18.8 Å². The van der Waals surface area contributed by atoms with Crippen LogP contribution in [0.25, 0.3) is 0 Å². The van der Waals surface area contributed by atoms with Gasteiger partial charge in [0.05, 0.1) is 12.1 Å². The molecule has 1 aromatic rings. The summed E-state index contributed by atoms with van der Waals surface area (Å²) in [5, 5.41) is 19.2. The summed E-state index contributed by atoms with van der Waals surface area (Å²) < 4.78 is 5.76. The van der Waals surface area contributed by atoms with Gasteiger partial charge in [0.15, 0.2) is 0 Å². The molecule has 25 heavy (non-hydrogen) atoms. The van der Waals surface area contributed by atoms with Crippen molar-refractivity contribution in [2.45, 2.75) is 31.5 Å². The fraction of sp³-hybridized carbons (Fsp3) is 0.556. The number of piperidine rings is 1. The smallest absolute Gasteiger partial charge is 0.335 e. The number of carboxylic acids is 1. The molecule has 0 radical (unpaired) electrons. The van der Waals surface area contributed by atoms with Gasteiger partial charge in [0.25, 0.3) is 0 Å². The van der Waals surface area contributed by atoms with Crippen LogP contribution in [-0.4, -0.2) is 76.8 Å². The van der Waals surface area contributed by atoms with Crippen molar-refractivity contribution in [3.05, 3.63) is 29.8 Å². The molecule has 0 saturated carbocycles. The Morgan fingerprint density at radius 2 is 1.92 bits per heavy atom. The number of hydrogen-bond acceptors (Lipinski definition) is 5. The quantitative estimate of drug-likeness (QED) is 0.819. The molecule has 7 heteroatoms. The topological polar surface area (TPSA) is 90.3 Å². The first-order valence-electron chi connectivity index (χ1n) is 8.71. The summed E-state index contributed by atoms with van der Waals surface area (Å²) in [4.78, 5) is 27.2. The van der Waals surface area contributed by atoms with Gasteiger partial charge in [-0.1, -0.05) is 6.07 Å². The van der Waals surface area contributed by atoms with Gasteiger partial charge in [0.2, 0.25) is 5.91 Å². The number of aromatic carboxylic acids is 1. The third kappa shape index (κ3) is 4.49. The zero-order valence-corrected chi connectivity index (χ0v) is 14.1. The second kappa shape index (κ2) is 7.84. The van der Waals surface area contributed by atoms with Gasteiger partial charge in [0, 0.05) is 26.2 Å². The van der Waals surface area contributed by atoms with E-state index in [2.05, 4.69) is 0 Å². The van der Waals surface area contributed by atoms with E-state index in [1.807, 2.05) is 9.80 Å². The molecule has 0 aliphatic carbocycles. The molecule has 3 rings (SSSR count). The van der Waals surface area contributed by atoms with E-state index in [4.69, 9.17) is 9.84 Å². The van der Waals surface area contributed by atoms with Gasteiger partial charge >= 0.3 is 5.97 Å². The number of nitrogens with zero attached hydrogens (tertiary/aromatic N) is 2. The minimum Gasteiger partial charge on any atom is -0.486 e. The largest absolute Gasteiger partial charge is 0.486 e. The first kappa shape index (κ1) is 17.7. The number of amides is 1. The average Bonchev–Trinajstić information content (AvgIpc) is 2.95. The van der Waals surface area contributed by atoms with E-state index in [1.54, 1.807) is 12.1 Å². The third-order valence-corrected chi connectivity index (χ3v) is 4.75. The molecule has 2 fully saturated rings. The molecule has 7 nitrogen and oxygen atoms in total. The number of ether oxygens (including phenoxy) is 1. The minimum atomic E-state index is -1.02. The van der Waals surface area contributed by atoms with Crippen LogP contribution in [0, 0.1) is 0 Å². The van der Waals surface area contributed by atoms with Crippen molar-refractivity contribution in [3.63, 3.8) is 0 Å². The first-order chi connectivity index (χ1) is 12.0. The van der Waals surface area contributed by atoms with E-state index in [9.17, 15) is 14.7 Å². The van der Waals surface area contributed by atoms with Crippen LogP contribution in [0.15, 0.2) is 24.3 Å². The SMILES string of the molecule is O=C(O)c1cccc(O[C@@H]2CN(CC(=O)N3CCCCC3)C[C@H]2O)c1. The molecular formula is C18H24N2O5. The molecule has 136 valence electrons. The summed E-state index contributed by atoms with van der Waals surface area (Å²) in [6.45, 7) is 2.74. The number of carboxylic acid groups (broad SMARTS) is 1. The lowest BCUT2D eigenvalue weighted by Gasteiger charge is -2.28. The Morgan fingerprint density at radius 1 is 1.16 bits per heavy atom. The Bertz CT molecular complexity index is 630. The van der Waals surface area contributed by atoms with Crippen LogP contribution in [0.4, 0.5) is 0 Å². The molecule has 2 aliphatic heterocycles. The van der Waals surface area contributed by atoms with E-state index < -0.39 is 18.2 Å². The number of β-amino-alcohol motifs (C(OH)–C–C–N with tert-alkyl or cyclic N) is 1. The zero-order valence-electron chi connectivity index (χ0n) is 14.1.